The summed E-state index contributed by atoms with van der Waals surface area (Å²) in [7, 11) is -12.3. The zero-order valence-electron chi connectivity index (χ0n) is 29.6. The molecular weight excluding hydrogens is 833 g/mol. The Balaban J connectivity index is 1.29. The molecule has 0 heterocycles. The van der Waals surface area contributed by atoms with Crippen molar-refractivity contribution in [2.45, 2.75) is 49.8 Å². The minimum atomic E-state index is -4.56. The summed E-state index contributed by atoms with van der Waals surface area (Å²) >= 11 is 5.67. The Morgan fingerprint density at radius 2 is 0.891 bits per heavy atom. The van der Waals surface area contributed by atoms with E-state index in [1.165, 1.54) is 42.1 Å². The summed E-state index contributed by atoms with van der Waals surface area (Å²) in [4.78, 5) is 3.49. The molecule has 6 rings (SSSR count). The second-order valence-corrected chi connectivity index (χ2v) is 21.0. The van der Waals surface area contributed by atoms with Gasteiger partial charge < -0.3 is 0 Å². The van der Waals surface area contributed by atoms with Gasteiger partial charge in [-0.2, -0.15) is 16.8 Å². The van der Waals surface area contributed by atoms with Gasteiger partial charge in [-0.3, -0.25) is 8.74 Å². The topological polar surface area (TPSA) is 132 Å². The van der Waals surface area contributed by atoms with Gasteiger partial charge in [0.05, 0.1) is 16.9 Å². The van der Waals surface area contributed by atoms with E-state index in [9.17, 15) is 29.8 Å². The maximum Gasteiger partial charge on any atom is 0.297 e. The highest BCUT2D eigenvalue weighted by molar-refractivity contribution is 8.00. The van der Waals surface area contributed by atoms with Crippen LogP contribution in [-0.2, 0) is 40.0 Å². The van der Waals surface area contributed by atoms with E-state index in [-0.39, 0.29) is 25.1 Å². The van der Waals surface area contributed by atoms with Gasteiger partial charge in [0.1, 0.15) is 10.6 Å². The van der Waals surface area contributed by atoms with E-state index in [2.05, 4.69) is 0 Å². The van der Waals surface area contributed by atoms with Crippen LogP contribution in [0.2, 0.25) is 0 Å². The lowest BCUT2D eigenvalue weighted by Crippen LogP contribution is -2.09. The molecular formula is C40H34O8S7. The molecule has 284 valence electrons. The molecule has 6 aromatic rings. The molecule has 0 aliphatic rings. The first kappa shape index (κ1) is 41.1. The van der Waals surface area contributed by atoms with Crippen molar-refractivity contribution in [1.82, 2.24) is 0 Å². The predicted molar refractivity (Wildman–Crippen MR) is 223 cm³/mol. The van der Waals surface area contributed by atoms with Crippen LogP contribution in [0, 0.1) is 0 Å². The minimum absolute atomic E-state index is 0.0610. The van der Waals surface area contributed by atoms with Gasteiger partial charge in [-0.05, 0) is 125 Å². The van der Waals surface area contributed by atoms with Crippen molar-refractivity contribution < 1.29 is 34.0 Å². The summed E-state index contributed by atoms with van der Waals surface area (Å²) in [5.74, 6) is -0.834. The van der Waals surface area contributed by atoms with E-state index >= 15 is 0 Å². The normalized spacial score (nSPS) is 12.1. The molecule has 8 nitrogen and oxygen atoms in total. The molecule has 0 radical (unpaired) electrons. The van der Waals surface area contributed by atoms with E-state index in [0.29, 0.717) is 4.90 Å². The molecule has 0 atom stereocenters. The Labute approximate surface area is 339 Å². The lowest BCUT2D eigenvalue weighted by atomic mass is 10.1. The molecule has 0 unspecified atom stereocenters. The summed E-state index contributed by atoms with van der Waals surface area (Å²) in [5, 5.41) is 0. The maximum atomic E-state index is 14.0. The first-order chi connectivity index (χ1) is 26.2. The predicted octanol–water partition coefficient (Wildman–Crippen LogP) is 10.3. The van der Waals surface area contributed by atoms with Crippen LogP contribution >= 0.6 is 47.0 Å². The monoisotopic (exact) mass is 866 g/mol. The van der Waals surface area contributed by atoms with Crippen LogP contribution < -0.4 is 0 Å². The van der Waals surface area contributed by atoms with Crippen molar-refractivity contribution in [2.75, 3.05) is 19.6 Å². The molecule has 0 amide bonds. The largest absolute Gasteiger partial charge is 0.297 e. The second-order valence-electron chi connectivity index (χ2n) is 11.9. The maximum absolute atomic E-state index is 14.0. The lowest BCUT2D eigenvalue weighted by molar-refractivity contribution is 0.396. The molecule has 1 N–H and O–H groups in total. The number of thioether (sulfide) groups is 2. The van der Waals surface area contributed by atoms with Crippen LogP contribution in [0.25, 0.3) is 22.3 Å². The minimum Gasteiger partial charge on any atom is -0.285 e. The van der Waals surface area contributed by atoms with Gasteiger partial charge in [-0.25, -0.2) is 8.42 Å². The van der Waals surface area contributed by atoms with Gasteiger partial charge in [0, 0.05) is 29.4 Å². The fourth-order valence-electron chi connectivity index (χ4n) is 5.54. The van der Waals surface area contributed by atoms with Gasteiger partial charge >= 0.3 is 0 Å². The Bertz CT molecular complexity index is 2650. The smallest absolute Gasteiger partial charge is 0.285 e. The Hall–Kier alpha value is -3.51. The lowest BCUT2D eigenvalue weighted by Gasteiger charge is -2.14. The van der Waals surface area contributed by atoms with Gasteiger partial charge in [0.2, 0.25) is 9.84 Å². The first-order valence-corrected chi connectivity index (χ1v) is 24.9. The average Bonchev–Trinajstić information content (AvgIpc) is 3.18. The van der Waals surface area contributed by atoms with Crippen LogP contribution in [0.15, 0.2) is 178 Å². The van der Waals surface area contributed by atoms with Crippen LogP contribution in [0.1, 0.15) is 5.56 Å². The number of sulfone groups is 1. The van der Waals surface area contributed by atoms with E-state index < -0.39 is 35.8 Å². The molecule has 0 bridgehead atoms. The zero-order valence-corrected chi connectivity index (χ0v) is 35.3. The number of hydrogen-bond donors (Lipinski definition) is 1. The average molecular weight is 867 g/mol. The van der Waals surface area contributed by atoms with E-state index in [1.54, 1.807) is 23.5 Å². The zero-order chi connectivity index (χ0) is 39.4. The molecule has 6 aromatic carbocycles. The Morgan fingerprint density at radius 1 is 0.509 bits per heavy atom. The summed E-state index contributed by atoms with van der Waals surface area (Å²) in [6, 6.07) is 39.2. The van der Waals surface area contributed by atoms with Gasteiger partial charge in [0.25, 0.3) is 20.2 Å². The molecule has 0 fully saturated rings. The van der Waals surface area contributed by atoms with Gasteiger partial charge in [-0.1, -0.05) is 72.1 Å². The third kappa shape index (κ3) is 10.1. The highest BCUT2D eigenvalue weighted by atomic mass is 32.2. The molecule has 0 aromatic heterocycles. The van der Waals surface area contributed by atoms with Crippen molar-refractivity contribution in [3.05, 3.63) is 139 Å². The molecule has 0 aliphatic carbocycles. The number of hydrogen-bond acceptors (Lipinski definition) is 11. The van der Waals surface area contributed by atoms with Crippen molar-refractivity contribution >= 4 is 77.1 Å². The second kappa shape index (κ2) is 17.3. The summed E-state index contributed by atoms with van der Waals surface area (Å²) in [6.45, 7) is 0. The molecule has 0 saturated heterocycles. The molecule has 15 heteroatoms. The van der Waals surface area contributed by atoms with Crippen LogP contribution in [0.4, 0.5) is 0 Å². The first-order valence-electron chi connectivity index (χ1n) is 16.3. The van der Waals surface area contributed by atoms with E-state index in [1.807, 2.05) is 110 Å². The van der Waals surface area contributed by atoms with E-state index in [0.717, 1.165) is 66.8 Å². The van der Waals surface area contributed by atoms with Crippen molar-refractivity contribution in [3.63, 3.8) is 0 Å². The molecule has 0 saturated carbocycles. The molecule has 55 heavy (non-hydrogen) atoms. The van der Waals surface area contributed by atoms with Crippen LogP contribution in [0.5, 0.6) is 0 Å². The fourth-order valence-corrected chi connectivity index (χ4v) is 11.4. The van der Waals surface area contributed by atoms with Crippen molar-refractivity contribution in [1.29, 1.82) is 0 Å². The van der Waals surface area contributed by atoms with Gasteiger partial charge in [-0.15, -0.1) is 23.5 Å². The third-order valence-electron chi connectivity index (χ3n) is 8.41. The summed E-state index contributed by atoms with van der Waals surface area (Å²) in [6.07, 6.45) is 4.02. The SMILES string of the molecule is COS(=O)(=O)c1cc(S(=O)(=O)c2ccc(Sc3ccc(-c4ccc(SC)cc4)cc3)c(CS(=O)(=O)O)c2)ccc1Sc1ccc(-c2ccc(SC)cc2)cc1. The Morgan fingerprint density at radius 3 is 1.29 bits per heavy atom. The number of benzene rings is 6. The van der Waals surface area contributed by atoms with E-state index in [4.69, 9.17) is 4.18 Å². The quantitative estimate of drug-likeness (QED) is 0.0635. The number of rotatable bonds is 14. The van der Waals surface area contributed by atoms with Crippen molar-refractivity contribution in [3.8, 4) is 22.3 Å². The fraction of sp³-hybridized carbons (Fsp3) is 0.100. The van der Waals surface area contributed by atoms with Gasteiger partial charge in [0.15, 0.2) is 0 Å². The van der Waals surface area contributed by atoms with Crippen LogP contribution in [-0.4, -0.2) is 49.4 Å². The Kier molecular flexibility index (Phi) is 13.0. The molecule has 0 aliphatic heterocycles. The van der Waals surface area contributed by atoms with Crippen molar-refractivity contribution in [2.24, 2.45) is 0 Å². The highest BCUT2D eigenvalue weighted by Gasteiger charge is 2.26. The summed E-state index contributed by atoms with van der Waals surface area (Å²) < 4.78 is 93.1. The summed E-state index contributed by atoms with van der Waals surface area (Å²) in [5.41, 5.74) is 4.09. The molecule has 0 spiro atoms. The van der Waals surface area contributed by atoms with Crippen LogP contribution in [0.3, 0.4) is 0 Å². The third-order valence-corrected chi connectivity index (χ3v) is 16.0. The standard InChI is InChI=1S/C40H34O8S7/c1-48-55(46,47)40-25-37(21-23-39(40)52-35-18-10-30(11-19-35)28-6-14-33(50-3)15-7-28)54(44,45)36-20-22-38(31(24-36)26-53(41,42)43)51-34-16-8-29(9-17-34)27-4-12-32(49-2)13-5-27/h4-25H,26H2,1-3H3,(H,41,42,43). The highest BCUT2D eigenvalue weighted by Crippen LogP contribution is 2.39.